The van der Waals surface area contributed by atoms with E-state index in [0.717, 1.165) is 5.56 Å². The molecule has 7 nitrogen and oxygen atoms in total. The van der Waals surface area contributed by atoms with E-state index in [4.69, 9.17) is 25.5 Å². The van der Waals surface area contributed by atoms with Crippen molar-refractivity contribution in [3.63, 3.8) is 0 Å². The molecule has 0 aromatic heterocycles. The third-order valence-corrected chi connectivity index (χ3v) is 1.78. The first-order valence-electron chi connectivity index (χ1n) is 5.11. The molecule has 1 atom stereocenters. The van der Waals surface area contributed by atoms with Crippen LogP contribution in [0.25, 0.3) is 0 Å². The molecule has 1 rings (SSSR count). The van der Waals surface area contributed by atoms with Gasteiger partial charge < -0.3 is 21.1 Å². The lowest BCUT2D eigenvalue weighted by Gasteiger charge is -2.11. The number of aliphatic carboxylic acids is 2. The summed E-state index contributed by atoms with van der Waals surface area (Å²) in [6, 6.07) is 9.44. The minimum Gasteiger partial charge on any atom is -0.473 e. The second-order valence-corrected chi connectivity index (χ2v) is 3.17. The number of carboxylic acids is 2. The summed E-state index contributed by atoms with van der Waals surface area (Å²) in [5.74, 6) is -3.65. The second-order valence-electron chi connectivity index (χ2n) is 3.17. The number of carbonyl (C=O) groups is 2. The van der Waals surface area contributed by atoms with Crippen molar-refractivity contribution < 1.29 is 24.9 Å². The maximum Gasteiger partial charge on any atom is 0.414 e. The fourth-order valence-corrected chi connectivity index (χ4v) is 0.973. The summed E-state index contributed by atoms with van der Waals surface area (Å²) in [6.45, 7) is 1.15. The van der Waals surface area contributed by atoms with Gasteiger partial charge in [0.05, 0.1) is 0 Å². The summed E-state index contributed by atoms with van der Waals surface area (Å²) in [6.07, 6.45) is -0.602. The predicted molar refractivity (Wildman–Crippen MR) is 63.7 cm³/mol. The van der Waals surface area contributed by atoms with Gasteiger partial charge in [-0.05, 0) is 5.56 Å². The van der Waals surface area contributed by atoms with E-state index in [1.54, 1.807) is 0 Å². The third kappa shape index (κ3) is 7.34. The minimum absolute atomic E-state index is 0.532. The van der Waals surface area contributed by atoms with Gasteiger partial charge >= 0.3 is 11.9 Å². The Morgan fingerprint density at radius 3 is 2.06 bits per heavy atom. The Labute approximate surface area is 104 Å². The molecule has 0 fully saturated rings. The van der Waals surface area contributed by atoms with Gasteiger partial charge in [0, 0.05) is 13.1 Å². The molecule has 1 unspecified atom stereocenters. The third-order valence-electron chi connectivity index (χ3n) is 1.78. The van der Waals surface area contributed by atoms with E-state index in [2.05, 4.69) is 5.32 Å². The highest BCUT2D eigenvalue weighted by atomic mass is 16.4. The van der Waals surface area contributed by atoms with Crippen molar-refractivity contribution in [2.24, 2.45) is 5.73 Å². The van der Waals surface area contributed by atoms with Crippen LogP contribution < -0.4 is 11.1 Å². The number of aliphatic hydroxyl groups excluding tert-OH is 1. The van der Waals surface area contributed by atoms with Crippen LogP contribution in [0.5, 0.6) is 0 Å². The molecule has 1 aromatic rings. The zero-order chi connectivity index (χ0) is 14.0. The van der Waals surface area contributed by atoms with Gasteiger partial charge in [0.15, 0.2) is 0 Å². The SMILES string of the molecule is NCCNC(O)c1ccccc1.O=C(O)C(=O)O. The summed E-state index contributed by atoms with van der Waals surface area (Å²) in [4.78, 5) is 18.2. The summed E-state index contributed by atoms with van der Waals surface area (Å²) < 4.78 is 0. The first kappa shape index (κ1) is 16.0. The minimum atomic E-state index is -1.82. The van der Waals surface area contributed by atoms with Gasteiger partial charge in [0.25, 0.3) is 0 Å². The standard InChI is InChI=1S/C9H14N2O.C2H2O4/c10-6-7-11-9(12)8-4-2-1-3-5-8;3-1(4)2(5)6/h1-5,9,11-12H,6-7,10H2;(H,3,4)(H,5,6). The van der Waals surface area contributed by atoms with Crippen molar-refractivity contribution in [3.05, 3.63) is 35.9 Å². The van der Waals surface area contributed by atoms with Crippen LogP contribution in [-0.2, 0) is 9.59 Å². The molecule has 0 amide bonds. The van der Waals surface area contributed by atoms with E-state index in [-0.39, 0.29) is 0 Å². The number of nitrogens with two attached hydrogens (primary N) is 1. The van der Waals surface area contributed by atoms with Gasteiger partial charge in [-0.25, -0.2) is 9.59 Å². The van der Waals surface area contributed by atoms with Crippen molar-refractivity contribution in [3.8, 4) is 0 Å². The maximum atomic E-state index is 9.48. The Bertz CT molecular complexity index is 357. The van der Waals surface area contributed by atoms with Gasteiger partial charge in [0.2, 0.25) is 0 Å². The molecular formula is C11H16N2O5. The van der Waals surface area contributed by atoms with Crippen LogP contribution in [0.1, 0.15) is 11.8 Å². The number of hydrogen-bond donors (Lipinski definition) is 5. The van der Waals surface area contributed by atoms with Crippen molar-refractivity contribution in [1.29, 1.82) is 0 Å². The lowest BCUT2D eigenvalue weighted by Crippen LogP contribution is -2.26. The van der Waals surface area contributed by atoms with Crippen LogP contribution in [0.15, 0.2) is 30.3 Å². The summed E-state index contributed by atoms with van der Waals surface area (Å²) in [5.41, 5.74) is 6.15. The average molecular weight is 256 g/mol. The molecule has 0 radical (unpaired) electrons. The predicted octanol–water partition coefficient (Wildman–Crippen LogP) is -0.619. The molecule has 0 aliphatic rings. The Balaban J connectivity index is 0.000000411. The first-order chi connectivity index (χ1) is 8.49. The number of nitrogens with one attached hydrogen (secondary N) is 1. The van der Waals surface area contributed by atoms with Crippen LogP contribution in [-0.4, -0.2) is 40.3 Å². The Morgan fingerprint density at radius 2 is 1.67 bits per heavy atom. The van der Waals surface area contributed by atoms with E-state index in [1.807, 2.05) is 30.3 Å². The van der Waals surface area contributed by atoms with Crippen molar-refractivity contribution in [2.45, 2.75) is 6.23 Å². The molecule has 0 bridgehead atoms. The fourth-order valence-electron chi connectivity index (χ4n) is 0.973. The number of hydrogen-bond acceptors (Lipinski definition) is 5. The molecule has 0 heterocycles. The molecule has 6 N–H and O–H groups in total. The molecule has 100 valence electrons. The van der Waals surface area contributed by atoms with Gasteiger partial charge in [-0.3, -0.25) is 5.32 Å². The van der Waals surface area contributed by atoms with E-state index in [1.165, 1.54) is 0 Å². The summed E-state index contributed by atoms with van der Waals surface area (Å²) in [7, 11) is 0. The fraction of sp³-hybridized carbons (Fsp3) is 0.273. The largest absolute Gasteiger partial charge is 0.473 e. The Hall–Kier alpha value is -1.96. The van der Waals surface area contributed by atoms with Crippen LogP contribution in [0.3, 0.4) is 0 Å². The number of aliphatic hydroxyl groups is 1. The van der Waals surface area contributed by atoms with E-state index >= 15 is 0 Å². The summed E-state index contributed by atoms with van der Waals surface area (Å²) >= 11 is 0. The molecule has 0 saturated carbocycles. The normalized spacial score (nSPS) is 11.0. The van der Waals surface area contributed by atoms with Gasteiger partial charge in [-0.1, -0.05) is 30.3 Å². The van der Waals surface area contributed by atoms with E-state index in [9.17, 15) is 5.11 Å². The van der Waals surface area contributed by atoms with Gasteiger partial charge in [0.1, 0.15) is 6.23 Å². The number of rotatable bonds is 4. The molecule has 18 heavy (non-hydrogen) atoms. The quantitative estimate of drug-likeness (QED) is 0.358. The molecular weight excluding hydrogens is 240 g/mol. The number of benzene rings is 1. The average Bonchev–Trinajstić information content (AvgIpc) is 2.37. The smallest absolute Gasteiger partial charge is 0.414 e. The van der Waals surface area contributed by atoms with Gasteiger partial charge in [-0.2, -0.15) is 0 Å². The Morgan fingerprint density at radius 1 is 1.17 bits per heavy atom. The van der Waals surface area contributed by atoms with Crippen molar-refractivity contribution in [2.75, 3.05) is 13.1 Å². The zero-order valence-electron chi connectivity index (χ0n) is 9.61. The van der Waals surface area contributed by atoms with E-state index < -0.39 is 18.2 Å². The highest BCUT2D eigenvalue weighted by molar-refractivity contribution is 6.27. The second kappa shape index (κ2) is 9.11. The molecule has 0 aliphatic heterocycles. The van der Waals surface area contributed by atoms with Gasteiger partial charge in [-0.15, -0.1) is 0 Å². The topological polar surface area (TPSA) is 133 Å². The first-order valence-corrected chi connectivity index (χ1v) is 5.11. The van der Waals surface area contributed by atoms with Crippen LogP contribution in [0.2, 0.25) is 0 Å². The molecule has 1 aromatic carbocycles. The highest BCUT2D eigenvalue weighted by Crippen LogP contribution is 2.07. The molecule has 7 heteroatoms. The molecule has 0 saturated heterocycles. The zero-order valence-corrected chi connectivity index (χ0v) is 9.61. The van der Waals surface area contributed by atoms with Crippen LogP contribution >= 0.6 is 0 Å². The Kier molecular flexibility index (Phi) is 8.12. The molecule has 0 spiro atoms. The number of carboxylic acid groups (broad SMARTS) is 2. The molecule has 0 aliphatic carbocycles. The highest BCUT2D eigenvalue weighted by Gasteiger charge is 2.04. The van der Waals surface area contributed by atoms with Crippen LogP contribution in [0.4, 0.5) is 0 Å². The lowest BCUT2D eigenvalue weighted by atomic mass is 10.2. The van der Waals surface area contributed by atoms with Crippen LogP contribution in [0, 0.1) is 0 Å². The monoisotopic (exact) mass is 256 g/mol. The van der Waals surface area contributed by atoms with Crippen molar-refractivity contribution >= 4 is 11.9 Å². The lowest BCUT2D eigenvalue weighted by molar-refractivity contribution is -0.159. The van der Waals surface area contributed by atoms with E-state index in [0.29, 0.717) is 13.1 Å². The maximum absolute atomic E-state index is 9.48. The summed E-state index contributed by atoms with van der Waals surface area (Å²) in [5, 5.41) is 27.1. The van der Waals surface area contributed by atoms with Crippen molar-refractivity contribution in [1.82, 2.24) is 5.32 Å².